The molecule has 2 aromatic carbocycles. The SMILES string of the molecule is Cc1ccc(-n2c(-c3ccccc3)ccc(CN)c2=O)cc1C. The number of nitrogens with two attached hydrogens (primary N) is 1. The van der Waals surface area contributed by atoms with Gasteiger partial charge in [-0.1, -0.05) is 42.5 Å². The van der Waals surface area contributed by atoms with Crippen molar-refractivity contribution in [3.8, 4) is 16.9 Å². The van der Waals surface area contributed by atoms with Crippen molar-refractivity contribution in [3.63, 3.8) is 0 Å². The van der Waals surface area contributed by atoms with Crippen LogP contribution in [0.3, 0.4) is 0 Å². The maximum Gasteiger partial charge on any atom is 0.260 e. The molecule has 0 atom stereocenters. The molecule has 2 N–H and O–H groups in total. The van der Waals surface area contributed by atoms with Crippen LogP contribution in [0.5, 0.6) is 0 Å². The Morgan fingerprint density at radius 3 is 2.30 bits per heavy atom. The van der Waals surface area contributed by atoms with Gasteiger partial charge in [-0.05, 0) is 48.7 Å². The third kappa shape index (κ3) is 2.83. The van der Waals surface area contributed by atoms with Crippen molar-refractivity contribution in [1.82, 2.24) is 4.57 Å². The Hall–Kier alpha value is -2.65. The normalized spacial score (nSPS) is 10.7. The van der Waals surface area contributed by atoms with Crippen molar-refractivity contribution in [3.05, 3.63) is 87.7 Å². The summed E-state index contributed by atoms with van der Waals surface area (Å²) in [4.78, 5) is 12.9. The second-order valence-electron chi connectivity index (χ2n) is 5.72. The zero-order valence-corrected chi connectivity index (χ0v) is 13.4. The molecule has 0 aliphatic heterocycles. The van der Waals surface area contributed by atoms with Crippen LogP contribution in [0.1, 0.15) is 16.7 Å². The molecule has 0 aliphatic carbocycles. The van der Waals surface area contributed by atoms with Gasteiger partial charge >= 0.3 is 0 Å². The molecule has 0 bridgehead atoms. The first-order valence-corrected chi connectivity index (χ1v) is 7.70. The van der Waals surface area contributed by atoms with Gasteiger partial charge in [-0.2, -0.15) is 0 Å². The highest BCUT2D eigenvalue weighted by molar-refractivity contribution is 5.63. The van der Waals surface area contributed by atoms with Crippen LogP contribution in [0.25, 0.3) is 16.9 Å². The Bertz CT molecular complexity index is 895. The molecule has 0 fully saturated rings. The number of benzene rings is 2. The predicted octanol–water partition coefficient (Wildman–Crippen LogP) is 3.58. The van der Waals surface area contributed by atoms with Gasteiger partial charge in [0.2, 0.25) is 0 Å². The molecule has 0 saturated heterocycles. The Morgan fingerprint density at radius 1 is 0.913 bits per heavy atom. The highest BCUT2D eigenvalue weighted by atomic mass is 16.1. The predicted molar refractivity (Wildman–Crippen MR) is 94.8 cm³/mol. The van der Waals surface area contributed by atoms with Crippen LogP contribution >= 0.6 is 0 Å². The van der Waals surface area contributed by atoms with Crippen LogP contribution in [-0.2, 0) is 6.54 Å². The number of hydrogen-bond acceptors (Lipinski definition) is 2. The Balaban J connectivity index is 2.32. The molecule has 0 amide bonds. The van der Waals surface area contributed by atoms with E-state index in [1.54, 1.807) is 4.57 Å². The third-order valence-corrected chi connectivity index (χ3v) is 4.20. The third-order valence-electron chi connectivity index (χ3n) is 4.20. The van der Waals surface area contributed by atoms with Crippen molar-refractivity contribution < 1.29 is 0 Å². The van der Waals surface area contributed by atoms with Crippen molar-refractivity contribution >= 4 is 0 Å². The molecule has 0 spiro atoms. The minimum absolute atomic E-state index is 0.0582. The number of hydrogen-bond donors (Lipinski definition) is 1. The summed E-state index contributed by atoms with van der Waals surface area (Å²) in [5.74, 6) is 0. The highest BCUT2D eigenvalue weighted by Gasteiger charge is 2.12. The zero-order valence-electron chi connectivity index (χ0n) is 13.4. The van der Waals surface area contributed by atoms with Gasteiger partial charge < -0.3 is 5.73 Å². The first kappa shape index (κ1) is 15.3. The molecule has 0 radical (unpaired) electrons. The summed E-state index contributed by atoms with van der Waals surface area (Å²) in [6.45, 7) is 4.36. The van der Waals surface area contributed by atoms with Gasteiger partial charge in [-0.15, -0.1) is 0 Å². The van der Waals surface area contributed by atoms with E-state index in [4.69, 9.17) is 5.73 Å². The molecule has 1 heterocycles. The van der Waals surface area contributed by atoms with E-state index in [1.165, 1.54) is 5.56 Å². The monoisotopic (exact) mass is 304 g/mol. The maximum atomic E-state index is 12.9. The number of pyridine rings is 1. The summed E-state index contributed by atoms with van der Waals surface area (Å²) in [6.07, 6.45) is 0. The van der Waals surface area contributed by atoms with E-state index in [9.17, 15) is 4.79 Å². The second kappa shape index (κ2) is 6.23. The van der Waals surface area contributed by atoms with E-state index in [1.807, 2.05) is 60.7 Å². The minimum Gasteiger partial charge on any atom is -0.326 e. The molecule has 116 valence electrons. The molecule has 0 saturated carbocycles. The Labute approximate surface area is 136 Å². The number of rotatable bonds is 3. The average Bonchev–Trinajstić information content (AvgIpc) is 2.58. The fourth-order valence-electron chi connectivity index (χ4n) is 2.69. The number of aromatic nitrogens is 1. The lowest BCUT2D eigenvalue weighted by Gasteiger charge is -2.16. The highest BCUT2D eigenvalue weighted by Crippen LogP contribution is 2.22. The Kier molecular flexibility index (Phi) is 4.13. The standard InChI is InChI=1S/C20H20N2O/c1-14-8-10-18(12-15(14)2)22-19(16-6-4-3-5-7-16)11-9-17(13-21)20(22)23/h3-12H,13,21H2,1-2H3. The van der Waals surface area contributed by atoms with E-state index in [2.05, 4.69) is 13.8 Å². The van der Waals surface area contributed by atoms with Crippen molar-refractivity contribution in [2.75, 3.05) is 0 Å². The minimum atomic E-state index is -0.0582. The van der Waals surface area contributed by atoms with Gasteiger partial charge in [-0.25, -0.2) is 0 Å². The largest absolute Gasteiger partial charge is 0.326 e. The van der Waals surface area contributed by atoms with Crippen LogP contribution < -0.4 is 11.3 Å². The maximum absolute atomic E-state index is 12.9. The molecular formula is C20H20N2O. The molecule has 23 heavy (non-hydrogen) atoms. The first-order chi connectivity index (χ1) is 11.1. The molecule has 3 heteroatoms. The zero-order chi connectivity index (χ0) is 16.4. The summed E-state index contributed by atoms with van der Waals surface area (Å²) in [5.41, 5.74) is 11.4. The van der Waals surface area contributed by atoms with Crippen molar-refractivity contribution in [2.24, 2.45) is 5.73 Å². The first-order valence-electron chi connectivity index (χ1n) is 7.70. The molecule has 3 aromatic rings. The van der Waals surface area contributed by atoms with Crippen LogP contribution in [-0.4, -0.2) is 4.57 Å². The lowest BCUT2D eigenvalue weighted by Crippen LogP contribution is -2.25. The van der Waals surface area contributed by atoms with Gasteiger partial charge in [-0.3, -0.25) is 9.36 Å². The molecule has 0 aliphatic rings. The van der Waals surface area contributed by atoms with Crippen molar-refractivity contribution in [1.29, 1.82) is 0 Å². The van der Waals surface area contributed by atoms with E-state index in [-0.39, 0.29) is 12.1 Å². The topological polar surface area (TPSA) is 48.0 Å². The van der Waals surface area contributed by atoms with Crippen LogP contribution in [0.4, 0.5) is 0 Å². The quantitative estimate of drug-likeness (QED) is 0.804. The second-order valence-corrected chi connectivity index (χ2v) is 5.72. The lowest BCUT2D eigenvalue weighted by atomic mass is 10.1. The van der Waals surface area contributed by atoms with Gasteiger partial charge in [0.25, 0.3) is 5.56 Å². The number of aryl methyl sites for hydroxylation is 2. The number of nitrogens with zero attached hydrogens (tertiary/aromatic N) is 1. The summed E-state index contributed by atoms with van der Waals surface area (Å²) in [7, 11) is 0. The van der Waals surface area contributed by atoms with Crippen LogP contribution in [0, 0.1) is 13.8 Å². The summed E-state index contributed by atoms with van der Waals surface area (Å²) in [5, 5.41) is 0. The van der Waals surface area contributed by atoms with Gasteiger partial charge in [0.05, 0.1) is 5.69 Å². The Morgan fingerprint density at radius 2 is 1.65 bits per heavy atom. The molecule has 3 nitrogen and oxygen atoms in total. The molecule has 1 aromatic heterocycles. The van der Waals surface area contributed by atoms with Crippen LogP contribution in [0.2, 0.25) is 0 Å². The lowest BCUT2D eigenvalue weighted by molar-refractivity contribution is 0.930. The fourth-order valence-corrected chi connectivity index (χ4v) is 2.69. The van der Waals surface area contributed by atoms with E-state index >= 15 is 0 Å². The fraction of sp³-hybridized carbons (Fsp3) is 0.150. The average molecular weight is 304 g/mol. The van der Waals surface area contributed by atoms with E-state index in [0.29, 0.717) is 5.56 Å². The molecular weight excluding hydrogens is 284 g/mol. The van der Waals surface area contributed by atoms with E-state index in [0.717, 1.165) is 22.5 Å². The molecule has 3 rings (SSSR count). The molecule has 0 unspecified atom stereocenters. The smallest absolute Gasteiger partial charge is 0.260 e. The van der Waals surface area contributed by atoms with Gasteiger partial charge in [0.1, 0.15) is 0 Å². The van der Waals surface area contributed by atoms with Crippen molar-refractivity contribution in [2.45, 2.75) is 20.4 Å². The summed E-state index contributed by atoms with van der Waals surface area (Å²) >= 11 is 0. The van der Waals surface area contributed by atoms with Gasteiger partial charge in [0, 0.05) is 17.8 Å². The van der Waals surface area contributed by atoms with Crippen LogP contribution in [0.15, 0.2) is 65.5 Å². The summed E-state index contributed by atoms with van der Waals surface area (Å²) in [6, 6.07) is 19.8. The van der Waals surface area contributed by atoms with E-state index < -0.39 is 0 Å². The van der Waals surface area contributed by atoms with Gasteiger partial charge in [0.15, 0.2) is 0 Å². The summed E-state index contributed by atoms with van der Waals surface area (Å²) < 4.78 is 1.75.